The van der Waals surface area contributed by atoms with Crippen molar-refractivity contribution >= 4 is 23.2 Å². The summed E-state index contributed by atoms with van der Waals surface area (Å²) in [5, 5.41) is 4.72. The fourth-order valence-corrected chi connectivity index (χ4v) is 2.01. The van der Waals surface area contributed by atoms with Gasteiger partial charge in [-0.05, 0) is 24.3 Å². The minimum absolute atomic E-state index is 0.0330. The molecule has 0 bridgehead atoms. The van der Waals surface area contributed by atoms with Crippen molar-refractivity contribution in [2.75, 3.05) is 10.6 Å². The number of nitrogens with one attached hydrogen (secondary N) is 2. The molecule has 0 aliphatic carbocycles. The summed E-state index contributed by atoms with van der Waals surface area (Å²) in [5.74, 6) is -5.88. The van der Waals surface area contributed by atoms with Gasteiger partial charge in [-0.1, -0.05) is 12.1 Å². The van der Waals surface area contributed by atoms with E-state index in [1.165, 1.54) is 18.2 Å². The average Bonchev–Trinajstić information content (AvgIpc) is 2.64. The third-order valence-electron chi connectivity index (χ3n) is 3.32. The number of rotatable bonds is 4. The van der Waals surface area contributed by atoms with Crippen molar-refractivity contribution in [1.82, 2.24) is 9.97 Å². The molecule has 0 radical (unpaired) electrons. The highest BCUT2D eigenvalue weighted by atomic mass is 19.2. The van der Waals surface area contributed by atoms with Gasteiger partial charge in [0.25, 0.3) is 5.91 Å². The number of nitrogens with zero attached hydrogens (tertiary/aromatic N) is 2. The Morgan fingerprint density at radius 2 is 1.50 bits per heavy atom. The van der Waals surface area contributed by atoms with Crippen molar-refractivity contribution < 1.29 is 22.4 Å². The van der Waals surface area contributed by atoms with Gasteiger partial charge in [0.15, 0.2) is 17.5 Å². The fourth-order valence-electron chi connectivity index (χ4n) is 2.01. The summed E-state index contributed by atoms with van der Waals surface area (Å²) in [5.41, 5.74) is -0.441. The number of carbonyl (C=O) groups excluding carboxylic acids is 1. The van der Waals surface area contributed by atoms with Gasteiger partial charge in [0, 0.05) is 12.4 Å². The van der Waals surface area contributed by atoms with Crippen LogP contribution in [0, 0.1) is 23.3 Å². The van der Waals surface area contributed by atoms with E-state index in [1.807, 2.05) is 0 Å². The van der Waals surface area contributed by atoms with E-state index in [9.17, 15) is 22.4 Å². The number of carbonyl (C=O) groups is 1. The van der Waals surface area contributed by atoms with Crippen LogP contribution in [0.15, 0.2) is 48.8 Å². The molecule has 0 saturated carbocycles. The van der Waals surface area contributed by atoms with Crippen LogP contribution in [0.1, 0.15) is 10.4 Å². The molecule has 0 aliphatic rings. The standard InChI is InChI=1S/C17H10F4N4O/c18-10-3-1-2-4-12(10)25-17-22-7-9(8-23-17)16(26)24-13-6-5-11(19)14(20)15(13)21/h1-8H,(H,24,26)(H,22,23,25). The number of amides is 1. The highest BCUT2D eigenvalue weighted by Gasteiger charge is 2.16. The van der Waals surface area contributed by atoms with Gasteiger partial charge in [0.1, 0.15) is 5.82 Å². The predicted molar refractivity (Wildman–Crippen MR) is 86.0 cm³/mol. The second kappa shape index (κ2) is 7.18. The highest BCUT2D eigenvalue weighted by Crippen LogP contribution is 2.20. The van der Waals surface area contributed by atoms with Gasteiger partial charge in [-0.2, -0.15) is 0 Å². The minimum atomic E-state index is -1.69. The second-order valence-corrected chi connectivity index (χ2v) is 5.08. The van der Waals surface area contributed by atoms with Crippen LogP contribution in [-0.4, -0.2) is 15.9 Å². The fraction of sp³-hybridized carbons (Fsp3) is 0. The monoisotopic (exact) mass is 362 g/mol. The molecular weight excluding hydrogens is 352 g/mol. The molecule has 2 aromatic carbocycles. The third kappa shape index (κ3) is 3.61. The maximum Gasteiger partial charge on any atom is 0.258 e. The second-order valence-electron chi connectivity index (χ2n) is 5.08. The number of hydrogen-bond acceptors (Lipinski definition) is 4. The van der Waals surface area contributed by atoms with Crippen molar-refractivity contribution in [3.8, 4) is 0 Å². The van der Waals surface area contributed by atoms with E-state index in [-0.39, 0.29) is 17.2 Å². The molecule has 0 aliphatic heterocycles. The first-order valence-corrected chi connectivity index (χ1v) is 7.24. The summed E-state index contributed by atoms with van der Waals surface area (Å²) in [6.07, 6.45) is 2.23. The molecule has 1 amide bonds. The van der Waals surface area contributed by atoms with Gasteiger partial charge in [-0.3, -0.25) is 4.79 Å². The van der Waals surface area contributed by atoms with Crippen molar-refractivity contribution in [2.24, 2.45) is 0 Å². The van der Waals surface area contributed by atoms with Crippen LogP contribution in [0.2, 0.25) is 0 Å². The summed E-state index contributed by atoms with van der Waals surface area (Å²) in [4.78, 5) is 19.7. The lowest BCUT2D eigenvalue weighted by molar-refractivity contribution is 0.102. The largest absolute Gasteiger partial charge is 0.322 e. The molecule has 0 atom stereocenters. The van der Waals surface area contributed by atoms with E-state index in [0.29, 0.717) is 6.07 Å². The van der Waals surface area contributed by atoms with Crippen LogP contribution >= 0.6 is 0 Å². The lowest BCUT2D eigenvalue weighted by Gasteiger charge is -2.08. The van der Waals surface area contributed by atoms with Crippen LogP contribution < -0.4 is 10.6 Å². The van der Waals surface area contributed by atoms with Gasteiger partial charge in [-0.15, -0.1) is 0 Å². The first-order valence-electron chi connectivity index (χ1n) is 7.24. The van der Waals surface area contributed by atoms with Gasteiger partial charge in [0.2, 0.25) is 5.95 Å². The number of aromatic nitrogens is 2. The van der Waals surface area contributed by atoms with Crippen LogP contribution in [0.3, 0.4) is 0 Å². The molecule has 0 saturated heterocycles. The summed E-state index contributed by atoms with van der Waals surface area (Å²) in [6, 6.07) is 7.44. The Hall–Kier alpha value is -3.49. The number of para-hydroxylation sites is 1. The SMILES string of the molecule is O=C(Nc1ccc(F)c(F)c1F)c1cnc(Nc2ccccc2F)nc1. The molecule has 2 N–H and O–H groups in total. The highest BCUT2D eigenvalue weighted by molar-refractivity contribution is 6.04. The maximum atomic E-state index is 13.6. The Kier molecular flexibility index (Phi) is 4.78. The lowest BCUT2D eigenvalue weighted by Crippen LogP contribution is -2.15. The van der Waals surface area contributed by atoms with Gasteiger partial charge in [0.05, 0.1) is 16.9 Å². The van der Waals surface area contributed by atoms with Gasteiger partial charge in [-0.25, -0.2) is 27.5 Å². The minimum Gasteiger partial charge on any atom is -0.322 e. The summed E-state index contributed by atoms with van der Waals surface area (Å²) in [6.45, 7) is 0. The normalized spacial score (nSPS) is 10.5. The maximum absolute atomic E-state index is 13.6. The number of anilines is 3. The molecule has 0 unspecified atom stereocenters. The summed E-state index contributed by atoms with van der Waals surface area (Å²) in [7, 11) is 0. The van der Waals surface area contributed by atoms with Crippen molar-refractivity contribution in [3.05, 3.63) is 77.6 Å². The Morgan fingerprint density at radius 3 is 2.19 bits per heavy atom. The smallest absolute Gasteiger partial charge is 0.258 e. The zero-order chi connectivity index (χ0) is 18.7. The van der Waals surface area contributed by atoms with Crippen molar-refractivity contribution in [2.45, 2.75) is 0 Å². The topological polar surface area (TPSA) is 66.9 Å². The molecule has 26 heavy (non-hydrogen) atoms. The first-order chi connectivity index (χ1) is 12.5. The molecule has 0 spiro atoms. The average molecular weight is 362 g/mol. The Labute approximate surface area is 144 Å². The number of benzene rings is 2. The van der Waals surface area contributed by atoms with E-state index >= 15 is 0 Å². The van der Waals surface area contributed by atoms with Crippen molar-refractivity contribution in [3.63, 3.8) is 0 Å². The zero-order valence-corrected chi connectivity index (χ0v) is 12.9. The summed E-state index contributed by atoms with van der Waals surface area (Å²) < 4.78 is 53.2. The Bertz CT molecular complexity index is 963. The van der Waals surface area contributed by atoms with E-state index in [0.717, 1.165) is 18.5 Å². The Morgan fingerprint density at radius 1 is 0.808 bits per heavy atom. The molecule has 5 nitrogen and oxygen atoms in total. The molecule has 0 fully saturated rings. The predicted octanol–water partition coefficient (Wildman–Crippen LogP) is 4.03. The zero-order valence-electron chi connectivity index (χ0n) is 12.9. The van der Waals surface area contributed by atoms with E-state index in [2.05, 4.69) is 20.6 Å². The lowest BCUT2D eigenvalue weighted by atomic mass is 10.2. The van der Waals surface area contributed by atoms with E-state index in [4.69, 9.17) is 0 Å². The quantitative estimate of drug-likeness (QED) is 0.543. The molecule has 9 heteroatoms. The number of hydrogen-bond donors (Lipinski definition) is 2. The molecule has 3 aromatic rings. The molecule has 132 valence electrons. The summed E-state index contributed by atoms with van der Waals surface area (Å²) >= 11 is 0. The molecule has 3 rings (SSSR count). The molecule has 1 aromatic heterocycles. The number of halogens is 4. The van der Waals surface area contributed by atoms with Crippen LogP contribution in [0.4, 0.5) is 34.9 Å². The van der Waals surface area contributed by atoms with Crippen LogP contribution in [-0.2, 0) is 0 Å². The van der Waals surface area contributed by atoms with Crippen molar-refractivity contribution in [1.29, 1.82) is 0 Å². The van der Waals surface area contributed by atoms with Gasteiger partial charge >= 0.3 is 0 Å². The Balaban J connectivity index is 1.73. The molecule has 1 heterocycles. The van der Waals surface area contributed by atoms with Crippen LogP contribution in [0.25, 0.3) is 0 Å². The van der Waals surface area contributed by atoms with Gasteiger partial charge < -0.3 is 10.6 Å². The van der Waals surface area contributed by atoms with E-state index < -0.39 is 34.9 Å². The van der Waals surface area contributed by atoms with E-state index in [1.54, 1.807) is 6.07 Å². The molecular formula is C17H10F4N4O. The first kappa shape index (κ1) is 17.3. The van der Waals surface area contributed by atoms with Crippen LogP contribution in [0.5, 0.6) is 0 Å². The third-order valence-corrected chi connectivity index (χ3v) is 3.32.